The van der Waals surface area contributed by atoms with E-state index in [1.54, 1.807) is 11.9 Å². The average molecular weight is 367 g/mol. The third-order valence-corrected chi connectivity index (χ3v) is 4.71. The van der Waals surface area contributed by atoms with Crippen molar-refractivity contribution in [2.75, 3.05) is 20.3 Å². The van der Waals surface area contributed by atoms with Crippen molar-refractivity contribution in [2.45, 2.75) is 33.2 Å². The minimum atomic E-state index is -0.0523. The molecule has 5 heteroatoms. The minimum Gasteiger partial charge on any atom is -0.486 e. The van der Waals surface area contributed by atoms with E-state index in [1.807, 2.05) is 50.2 Å². The molecule has 0 fully saturated rings. The van der Waals surface area contributed by atoms with Crippen molar-refractivity contribution in [3.63, 3.8) is 0 Å². The number of rotatable bonds is 6. The fraction of sp³-hybridized carbons (Fsp3) is 0.364. The zero-order chi connectivity index (χ0) is 19.4. The summed E-state index contributed by atoms with van der Waals surface area (Å²) in [6.45, 7) is 5.43. The second kappa shape index (κ2) is 8.25. The van der Waals surface area contributed by atoms with Gasteiger partial charge in [-0.1, -0.05) is 23.8 Å². The second-order valence-corrected chi connectivity index (χ2v) is 6.97. The van der Waals surface area contributed by atoms with Gasteiger partial charge >= 0.3 is 0 Å². The average Bonchev–Trinajstić information content (AvgIpc) is 2.67. The molecule has 1 aliphatic rings. The number of hydrogen-bond donors (Lipinski definition) is 0. The lowest BCUT2D eigenvalue weighted by Crippen LogP contribution is -2.26. The van der Waals surface area contributed by atoms with Crippen LogP contribution in [-0.4, -0.2) is 36.9 Å². The Morgan fingerprint density at radius 3 is 2.48 bits per heavy atom. The number of fused-ring (bicyclic) bond motifs is 1. The van der Waals surface area contributed by atoms with Crippen LogP contribution in [0.25, 0.3) is 0 Å². The van der Waals surface area contributed by atoms with E-state index in [1.165, 1.54) is 0 Å². The van der Waals surface area contributed by atoms with Crippen LogP contribution in [0.5, 0.6) is 11.5 Å². The summed E-state index contributed by atoms with van der Waals surface area (Å²) >= 11 is 0. The smallest absolute Gasteiger partial charge is 0.223 e. The number of aryl methyl sites for hydroxylation is 2. The molecule has 1 heterocycles. The standard InChI is InChI=1S/C22H25NO4/c1-15-4-5-16(2)18(12-15)19(24)7-9-22(25)23(3)14-17-6-8-20-21(13-17)27-11-10-26-20/h4-6,8,12-13H,7,9-11,14H2,1-3H3. The van der Waals surface area contributed by atoms with Crippen molar-refractivity contribution in [1.82, 2.24) is 4.90 Å². The van der Waals surface area contributed by atoms with E-state index in [-0.39, 0.29) is 24.5 Å². The van der Waals surface area contributed by atoms with Gasteiger partial charge in [-0.15, -0.1) is 0 Å². The zero-order valence-electron chi connectivity index (χ0n) is 16.1. The van der Waals surface area contributed by atoms with E-state index in [4.69, 9.17) is 9.47 Å². The first kappa shape index (κ1) is 19.0. The summed E-state index contributed by atoms with van der Waals surface area (Å²) in [6.07, 6.45) is 0.419. The third kappa shape index (κ3) is 4.67. The molecule has 0 N–H and O–H groups in total. The van der Waals surface area contributed by atoms with E-state index in [2.05, 4.69) is 0 Å². The van der Waals surface area contributed by atoms with Crippen molar-refractivity contribution in [2.24, 2.45) is 0 Å². The van der Waals surface area contributed by atoms with Crippen LogP contribution in [0.4, 0.5) is 0 Å². The van der Waals surface area contributed by atoms with Gasteiger partial charge < -0.3 is 14.4 Å². The first-order valence-electron chi connectivity index (χ1n) is 9.17. The molecule has 2 aromatic rings. The summed E-state index contributed by atoms with van der Waals surface area (Å²) in [4.78, 5) is 26.5. The van der Waals surface area contributed by atoms with Crippen LogP contribution in [0.2, 0.25) is 0 Å². The number of carbonyl (C=O) groups excluding carboxylic acids is 2. The Bertz CT molecular complexity index is 859. The van der Waals surface area contributed by atoms with Crippen LogP contribution < -0.4 is 9.47 Å². The fourth-order valence-corrected chi connectivity index (χ4v) is 3.13. The van der Waals surface area contributed by atoms with Gasteiger partial charge in [0.05, 0.1) is 0 Å². The molecule has 142 valence electrons. The van der Waals surface area contributed by atoms with Crippen LogP contribution in [0.3, 0.4) is 0 Å². The highest BCUT2D eigenvalue weighted by molar-refractivity contribution is 5.99. The van der Waals surface area contributed by atoms with Gasteiger partial charge in [0, 0.05) is 32.0 Å². The normalized spacial score (nSPS) is 12.6. The van der Waals surface area contributed by atoms with Crippen LogP contribution in [-0.2, 0) is 11.3 Å². The first-order valence-corrected chi connectivity index (χ1v) is 9.17. The summed E-state index contributed by atoms with van der Waals surface area (Å²) in [5.74, 6) is 1.41. The molecule has 0 spiro atoms. The lowest BCUT2D eigenvalue weighted by atomic mass is 9.99. The Balaban J connectivity index is 1.56. The number of amides is 1. The summed E-state index contributed by atoms with van der Waals surface area (Å²) in [5.41, 5.74) is 3.67. The van der Waals surface area contributed by atoms with E-state index in [0.717, 1.165) is 22.4 Å². The fourth-order valence-electron chi connectivity index (χ4n) is 3.13. The van der Waals surface area contributed by atoms with Crippen LogP contribution in [0.1, 0.15) is 39.9 Å². The van der Waals surface area contributed by atoms with Crippen LogP contribution in [0, 0.1) is 13.8 Å². The van der Waals surface area contributed by atoms with E-state index >= 15 is 0 Å². The summed E-state index contributed by atoms with van der Waals surface area (Å²) in [6, 6.07) is 11.5. The van der Waals surface area contributed by atoms with Crippen LogP contribution >= 0.6 is 0 Å². The summed E-state index contributed by atoms with van der Waals surface area (Å²) < 4.78 is 11.1. The molecule has 0 unspecified atom stereocenters. The summed E-state index contributed by atoms with van der Waals surface area (Å²) in [7, 11) is 1.75. The highest BCUT2D eigenvalue weighted by atomic mass is 16.6. The van der Waals surface area contributed by atoms with Gasteiger partial charge in [0.25, 0.3) is 0 Å². The Morgan fingerprint density at radius 2 is 1.70 bits per heavy atom. The second-order valence-electron chi connectivity index (χ2n) is 6.97. The predicted octanol–water partition coefficient (Wildman–Crippen LogP) is 3.70. The third-order valence-electron chi connectivity index (χ3n) is 4.71. The molecule has 27 heavy (non-hydrogen) atoms. The lowest BCUT2D eigenvalue weighted by Gasteiger charge is -2.21. The number of carbonyl (C=O) groups is 2. The molecular weight excluding hydrogens is 342 g/mol. The maximum absolute atomic E-state index is 12.5. The Labute approximate surface area is 159 Å². The number of Topliss-reactive ketones (excluding diaryl/α,β-unsaturated/α-hetero) is 1. The molecule has 0 aliphatic carbocycles. The van der Waals surface area contributed by atoms with Crippen molar-refractivity contribution in [1.29, 1.82) is 0 Å². The molecule has 5 nitrogen and oxygen atoms in total. The van der Waals surface area contributed by atoms with Crippen molar-refractivity contribution in [3.8, 4) is 11.5 Å². The number of benzene rings is 2. The highest BCUT2D eigenvalue weighted by Crippen LogP contribution is 2.31. The summed E-state index contributed by atoms with van der Waals surface area (Å²) in [5, 5.41) is 0. The lowest BCUT2D eigenvalue weighted by molar-refractivity contribution is -0.130. The Morgan fingerprint density at radius 1 is 0.963 bits per heavy atom. The maximum atomic E-state index is 12.5. The van der Waals surface area contributed by atoms with Gasteiger partial charge in [-0.2, -0.15) is 0 Å². The monoisotopic (exact) mass is 367 g/mol. The minimum absolute atomic E-state index is 0.0114. The van der Waals surface area contributed by atoms with E-state index < -0.39 is 0 Å². The first-order chi connectivity index (χ1) is 12.9. The molecule has 3 rings (SSSR count). The molecule has 1 amide bonds. The maximum Gasteiger partial charge on any atom is 0.223 e. The molecular formula is C22H25NO4. The van der Waals surface area contributed by atoms with Gasteiger partial charge in [0.1, 0.15) is 13.2 Å². The van der Waals surface area contributed by atoms with Crippen molar-refractivity contribution >= 4 is 11.7 Å². The van der Waals surface area contributed by atoms with Gasteiger partial charge in [-0.3, -0.25) is 9.59 Å². The largest absolute Gasteiger partial charge is 0.486 e. The Kier molecular flexibility index (Phi) is 5.79. The SMILES string of the molecule is Cc1ccc(C)c(C(=O)CCC(=O)N(C)Cc2ccc3c(c2)OCCO3)c1. The number of ketones is 1. The Hall–Kier alpha value is -2.82. The molecule has 0 atom stereocenters. The van der Waals surface area contributed by atoms with E-state index in [9.17, 15) is 9.59 Å². The van der Waals surface area contributed by atoms with Gasteiger partial charge in [0.15, 0.2) is 17.3 Å². The predicted molar refractivity (Wildman–Crippen MR) is 103 cm³/mol. The quantitative estimate of drug-likeness (QED) is 0.731. The van der Waals surface area contributed by atoms with Gasteiger partial charge in [-0.05, 0) is 43.2 Å². The van der Waals surface area contributed by atoms with Crippen LogP contribution in [0.15, 0.2) is 36.4 Å². The molecule has 1 aliphatic heterocycles. The van der Waals surface area contributed by atoms with Gasteiger partial charge in [-0.25, -0.2) is 0 Å². The molecule has 2 aromatic carbocycles. The zero-order valence-corrected chi connectivity index (χ0v) is 16.1. The number of hydrogen-bond acceptors (Lipinski definition) is 4. The van der Waals surface area contributed by atoms with E-state index in [0.29, 0.717) is 31.1 Å². The number of nitrogens with zero attached hydrogens (tertiary/aromatic N) is 1. The molecule has 0 aromatic heterocycles. The topological polar surface area (TPSA) is 55.8 Å². The number of ether oxygens (including phenoxy) is 2. The molecule has 0 saturated carbocycles. The highest BCUT2D eigenvalue weighted by Gasteiger charge is 2.16. The van der Waals surface area contributed by atoms with Gasteiger partial charge in [0.2, 0.25) is 5.91 Å². The molecule has 0 radical (unpaired) electrons. The van der Waals surface area contributed by atoms with Crippen molar-refractivity contribution < 1.29 is 19.1 Å². The van der Waals surface area contributed by atoms with Crippen molar-refractivity contribution in [3.05, 3.63) is 58.7 Å². The molecule has 0 bridgehead atoms. The molecule has 0 saturated heterocycles.